The number of aromatic nitrogens is 3. The average Bonchev–Trinajstić information content (AvgIpc) is 3.34. The molecule has 0 fully saturated rings. The van der Waals surface area contributed by atoms with Gasteiger partial charge in [-0.3, -0.25) is 14.2 Å². The van der Waals surface area contributed by atoms with E-state index in [0.717, 1.165) is 4.88 Å². The van der Waals surface area contributed by atoms with Crippen LogP contribution >= 0.6 is 11.3 Å². The van der Waals surface area contributed by atoms with Crippen molar-refractivity contribution in [3.05, 3.63) is 65.0 Å². The topological polar surface area (TPSA) is 86.1 Å². The van der Waals surface area contributed by atoms with E-state index in [4.69, 9.17) is 4.74 Å². The third-order valence-electron chi connectivity index (χ3n) is 3.57. The highest BCUT2D eigenvalue weighted by Gasteiger charge is 2.20. The molecule has 25 heavy (non-hydrogen) atoms. The molecule has 0 aromatic carbocycles. The van der Waals surface area contributed by atoms with Crippen molar-refractivity contribution in [1.82, 2.24) is 19.9 Å². The third-order valence-corrected chi connectivity index (χ3v) is 4.56. The molecule has 7 nitrogen and oxygen atoms in total. The fraction of sp³-hybridized carbons (Fsp3) is 0.176. The molecule has 0 bridgehead atoms. The van der Waals surface area contributed by atoms with Gasteiger partial charge in [0.25, 0.3) is 5.91 Å². The second kappa shape index (κ2) is 7.71. The van der Waals surface area contributed by atoms with Gasteiger partial charge in [-0.25, -0.2) is 9.97 Å². The van der Waals surface area contributed by atoms with Crippen LogP contribution in [-0.4, -0.2) is 33.5 Å². The fourth-order valence-corrected chi connectivity index (χ4v) is 3.05. The highest BCUT2D eigenvalue weighted by molar-refractivity contribution is 7.10. The zero-order valence-electron chi connectivity index (χ0n) is 13.5. The Labute approximate surface area is 148 Å². The van der Waals surface area contributed by atoms with Crippen LogP contribution in [0.5, 0.6) is 0 Å². The van der Waals surface area contributed by atoms with Gasteiger partial charge in [0.05, 0.1) is 25.1 Å². The van der Waals surface area contributed by atoms with E-state index in [0.29, 0.717) is 11.4 Å². The molecule has 3 rings (SSSR count). The predicted molar refractivity (Wildman–Crippen MR) is 92.5 cm³/mol. The van der Waals surface area contributed by atoms with Crippen LogP contribution in [0.1, 0.15) is 27.7 Å². The van der Waals surface area contributed by atoms with E-state index in [1.807, 2.05) is 17.5 Å². The Bertz CT molecular complexity index is 829. The molecule has 1 amide bonds. The Hall–Kier alpha value is -3.00. The number of carbonyl (C=O) groups excluding carboxylic acids is 2. The fourth-order valence-electron chi connectivity index (χ4n) is 2.27. The third kappa shape index (κ3) is 4.10. The number of nitrogens with zero attached hydrogens (tertiary/aromatic N) is 3. The lowest BCUT2D eigenvalue weighted by atomic mass is 10.1. The number of esters is 1. The maximum Gasteiger partial charge on any atom is 0.307 e. The summed E-state index contributed by atoms with van der Waals surface area (Å²) in [7, 11) is 1.33. The van der Waals surface area contributed by atoms with Gasteiger partial charge in [-0.2, -0.15) is 0 Å². The summed E-state index contributed by atoms with van der Waals surface area (Å²) >= 11 is 1.47. The van der Waals surface area contributed by atoms with Crippen LogP contribution in [0.3, 0.4) is 0 Å². The largest absolute Gasteiger partial charge is 0.469 e. The van der Waals surface area contributed by atoms with Gasteiger partial charge in [0.15, 0.2) is 0 Å². The number of pyridine rings is 1. The summed E-state index contributed by atoms with van der Waals surface area (Å²) in [4.78, 5) is 33.2. The molecule has 0 aliphatic rings. The quantitative estimate of drug-likeness (QED) is 0.685. The zero-order chi connectivity index (χ0) is 17.6. The average molecular weight is 356 g/mol. The van der Waals surface area contributed by atoms with Crippen molar-refractivity contribution in [2.45, 2.75) is 12.5 Å². The first-order chi connectivity index (χ1) is 12.2. The maximum absolute atomic E-state index is 12.5. The maximum atomic E-state index is 12.5. The van der Waals surface area contributed by atoms with Crippen LogP contribution in [-0.2, 0) is 9.53 Å². The first-order valence-electron chi connectivity index (χ1n) is 7.53. The van der Waals surface area contributed by atoms with Crippen molar-refractivity contribution >= 4 is 23.2 Å². The molecule has 0 aliphatic heterocycles. The van der Waals surface area contributed by atoms with Crippen LogP contribution in [0.25, 0.3) is 5.82 Å². The van der Waals surface area contributed by atoms with E-state index in [1.165, 1.54) is 24.6 Å². The van der Waals surface area contributed by atoms with Gasteiger partial charge in [-0.05, 0) is 23.6 Å². The standard InChI is InChI=1S/C17H16N4O3S/c1-24-16(22)9-13(14-3-2-8-25-14)20-17(23)12-4-5-15(19-10-12)21-7-6-18-11-21/h2-8,10-11,13H,9H2,1H3,(H,20,23). The Morgan fingerprint density at radius 2 is 2.24 bits per heavy atom. The van der Waals surface area contributed by atoms with Gasteiger partial charge >= 0.3 is 5.97 Å². The summed E-state index contributed by atoms with van der Waals surface area (Å²) in [5, 5.41) is 4.76. The number of ether oxygens (including phenoxy) is 1. The Morgan fingerprint density at radius 1 is 1.36 bits per heavy atom. The number of thiophene rings is 1. The monoisotopic (exact) mass is 356 g/mol. The molecular weight excluding hydrogens is 340 g/mol. The molecule has 8 heteroatoms. The molecule has 0 spiro atoms. The van der Waals surface area contributed by atoms with Gasteiger partial charge in [0.2, 0.25) is 0 Å². The minimum Gasteiger partial charge on any atom is -0.469 e. The Kier molecular flexibility index (Phi) is 5.20. The Balaban J connectivity index is 1.73. The van der Waals surface area contributed by atoms with Crippen molar-refractivity contribution in [2.75, 3.05) is 7.11 Å². The number of nitrogens with one attached hydrogen (secondary N) is 1. The number of hydrogen-bond acceptors (Lipinski definition) is 6. The lowest BCUT2D eigenvalue weighted by molar-refractivity contribution is -0.141. The van der Waals surface area contributed by atoms with Crippen LogP contribution in [0, 0.1) is 0 Å². The summed E-state index contributed by atoms with van der Waals surface area (Å²) in [6.45, 7) is 0. The normalized spacial score (nSPS) is 11.7. The van der Waals surface area contributed by atoms with Crippen LogP contribution in [0.4, 0.5) is 0 Å². The number of rotatable bonds is 6. The van der Waals surface area contributed by atoms with E-state index in [1.54, 1.807) is 35.4 Å². The van der Waals surface area contributed by atoms with E-state index in [2.05, 4.69) is 15.3 Å². The van der Waals surface area contributed by atoms with Crippen molar-refractivity contribution in [1.29, 1.82) is 0 Å². The van der Waals surface area contributed by atoms with Crippen LogP contribution < -0.4 is 5.32 Å². The zero-order valence-corrected chi connectivity index (χ0v) is 14.3. The van der Waals surface area contributed by atoms with Crippen molar-refractivity contribution in [3.8, 4) is 5.82 Å². The lowest BCUT2D eigenvalue weighted by Crippen LogP contribution is -2.30. The van der Waals surface area contributed by atoms with E-state index in [-0.39, 0.29) is 18.3 Å². The molecule has 0 saturated carbocycles. The molecule has 0 aliphatic carbocycles. The number of methoxy groups -OCH3 is 1. The molecule has 1 unspecified atom stereocenters. The minimum atomic E-state index is -0.437. The first-order valence-corrected chi connectivity index (χ1v) is 8.41. The number of carbonyl (C=O) groups is 2. The Morgan fingerprint density at radius 3 is 2.84 bits per heavy atom. The first kappa shape index (κ1) is 16.8. The molecule has 128 valence electrons. The molecule has 0 saturated heterocycles. The van der Waals surface area contributed by atoms with Gasteiger partial charge in [-0.1, -0.05) is 6.07 Å². The van der Waals surface area contributed by atoms with Crippen molar-refractivity contribution < 1.29 is 14.3 Å². The molecule has 0 radical (unpaired) electrons. The summed E-state index contributed by atoms with van der Waals surface area (Å²) in [5.41, 5.74) is 0.412. The van der Waals surface area contributed by atoms with E-state index in [9.17, 15) is 9.59 Å². The summed E-state index contributed by atoms with van der Waals surface area (Å²) < 4.78 is 6.46. The summed E-state index contributed by atoms with van der Waals surface area (Å²) in [5.74, 6) is -0.0160. The predicted octanol–water partition coefficient (Wildman–Crippen LogP) is 2.36. The lowest BCUT2D eigenvalue weighted by Gasteiger charge is -2.16. The highest BCUT2D eigenvalue weighted by Crippen LogP contribution is 2.23. The molecule has 3 heterocycles. The molecule has 1 N–H and O–H groups in total. The molecule has 3 aromatic rings. The van der Waals surface area contributed by atoms with Crippen molar-refractivity contribution in [3.63, 3.8) is 0 Å². The number of amides is 1. The summed E-state index contributed by atoms with van der Waals surface area (Å²) in [6, 6.07) is 6.73. The SMILES string of the molecule is COC(=O)CC(NC(=O)c1ccc(-n2ccnc2)nc1)c1cccs1. The second-order valence-electron chi connectivity index (χ2n) is 5.20. The number of imidazole rings is 1. The van der Waals surface area contributed by atoms with Gasteiger partial charge in [-0.15, -0.1) is 11.3 Å². The van der Waals surface area contributed by atoms with Gasteiger partial charge < -0.3 is 10.1 Å². The molecular formula is C17H16N4O3S. The van der Waals surface area contributed by atoms with E-state index < -0.39 is 6.04 Å². The van der Waals surface area contributed by atoms with Gasteiger partial charge in [0.1, 0.15) is 12.1 Å². The molecule has 3 aromatic heterocycles. The highest BCUT2D eigenvalue weighted by atomic mass is 32.1. The smallest absolute Gasteiger partial charge is 0.307 e. The van der Waals surface area contributed by atoms with Gasteiger partial charge in [0, 0.05) is 23.5 Å². The minimum absolute atomic E-state index is 0.0727. The van der Waals surface area contributed by atoms with E-state index >= 15 is 0 Å². The second-order valence-corrected chi connectivity index (χ2v) is 6.18. The van der Waals surface area contributed by atoms with Crippen LogP contribution in [0.2, 0.25) is 0 Å². The summed E-state index contributed by atoms with van der Waals surface area (Å²) in [6.07, 6.45) is 6.62. The van der Waals surface area contributed by atoms with Crippen LogP contribution in [0.15, 0.2) is 54.6 Å². The van der Waals surface area contributed by atoms with Crippen molar-refractivity contribution in [2.24, 2.45) is 0 Å². The number of hydrogen-bond donors (Lipinski definition) is 1. The molecule has 1 atom stereocenters.